The number of hydrogen-bond acceptors (Lipinski definition) is 4. The van der Waals surface area contributed by atoms with Gasteiger partial charge in [0.1, 0.15) is 0 Å². The van der Waals surface area contributed by atoms with Crippen molar-refractivity contribution < 1.29 is 23.1 Å². The highest BCUT2D eigenvalue weighted by atomic mass is 32.2. The monoisotopic (exact) mass is 292 g/mol. The highest BCUT2D eigenvalue weighted by molar-refractivity contribution is 7.91. The number of aliphatic carboxylic acids is 1. The predicted octanol–water partition coefficient (Wildman–Crippen LogP) is 0.116. The summed E-state index contributed by atoms with van der Waals surface area (Å²) in [4.78, 5) is 22.3. The van der Waals surface area contributed by atoms with Crippen LogP contribution in [0, 0.1) is 0 Å². The van der Waals surface area contributed by atoms with Crippen molar-refractivity contribution >= 4 is 21.8 Å². The molecule has 0 radical (unpaired) electrons. The minimum Gasteiger partial charge on any atom is -0.481 e. The molecule has 2 unspecified atom stereocenters. The van der Waals surface area contributed by atoms with Gasteiger partial charge in [-0.1, -0.05) is 6.92 Å². The summed E-state index contributed by atoms with van der Waals surface area (Å²) in [6.45, 7) is 3.45. The Bertz CT molecular complexity index is 462. The molecule has 19 heavy (non-hydrogen) atoms. The van der Waals surface area contributed by atoms with Gasteiger partial charge in [0, 0.05) is 6.04 Å². The predicted molar refractivity (Wildman–Crippen MR) is 69.7 cm³/mol. The molecule has 1 aliphatic heterocycles. The van der Waals surface area contributed by atoms with E-state index in [1.807, 2.05) is 0 Å². The molecule has 1 saturated heterocycles. The zero-order valence-electron chi connectivity index (χ0n) is 11.1. The van der Waals surface area contributed by atoms with Crippen molar-refractivity contribution in [3.8, 4) is 0 Å². The summed E-state index contributed by atoms with van der Waals surface area (Å²) in [7, 11) is -3.09. The maximum Gasteiger partial charge on any atom is 0.315 e. The molecule has 7 nitrogen and oxygen atoms in total. The standard InChI is InChI=1S/C11H20N2O5S/c1-3-8(6-9(14)15)12-10(16)13-11(2)4-5-19(17,18)7-11/h8H,3-7H2,1-2H3,(H,14,15)(H2,12,13,16). The fourth-order valence-corrected chi connectivity index (χ4v) is 4.21. The van der Waals surface area contributed by atoms with Gasteiger partial charge < -0.3 is 15.7 Å². The number of hydrogen-bond donors (Lipinski definition) is 3. The Hall–Kier alpha value is -1.31. The zero-order valence-corrected chi connectivity index (χ0v) is 11.9. The number of rotatable bonds is 5. The second-order valence-electron chi connectivity index (χ2n) is 5.20. The van der Waals surface area contributed by atoms with E-state index in [0.29, 0.717) is 12.8 Å². The summed E-state index contributed by atoms with van der Waals surface area (Å²) in [6.07, 6.45) is 0.714. The van der Waals surface area contributed by atoms with Gasteiger partial charge in [-0.05, 0) is 19.8 Å². The van der Waals surface area contributed by atoms with Crippen molar-refractivity contribution in [1.82, 2.24) is 10.6 Å². The van der Waals surface area contributed by atoms with E-state index in [1.54, 1.807) is 13.8 Å². The first-order chi connectivity index (χ1) is 8.66. The quantitative estimate of drug-likeness (QED) is 0.666. The van der Waals surface area contributed by atoms with E-state index in [1.165, 1.54) is 0 Å². The number of sulfone groups is 1. The van der Waals surface area contributed by atoms with E-state index in [0.717, 1.165) is 0 Å². The lowest BCUT2D eigenvalue weighted by Crippen LogP contribution is -2.53. The maximum atomic E-state index is 11.8. The molecule has 0 aliphatic carbocycles. The summed E-state index contributed by atoms with van der Waals surface area (Å²) >= 11 is 0. The topological polar surface area (TPSA) is 113 Å². The molecule has 0 bridgehead atoms. The first kappa shape index (κ1) is 15.7. The Labute approximate surface area is 112 Å². The van der Waals surface area contributed by atoms with Crippen LogP contribution in [0.25, 0.3) is 0 Å². The number of carboxylic acid groups (broad SMARTS) is 1. The minimum atomic E-state index is -3.09. The molecule has 1 heterocycles. The average Bonchev–Trinajstić information content (AvgIpc) is 2.50. The molecular weight excluding hydrogens is 272 g/mol. The van der Waals surface area contributed by atoms with Crippen LogP contribution in [-0.2, 0) is 14.6 Å². The number of carboxylic acids is 1. The Kier molecular flexibility index (Phi) is 4.78. The molecule has 1 aliphatic rings. The van der Waals surface area contributed by atoms with Crippen molar-refractivity contribution in [1.29, 1.82) is 0 Å². The van der Waals surface area contributed by atoms with Crippen LogP contribution in [0.3, 0.4) is 0 Å². The third-order valence-corrected chi connectivity index (χ3v) is 5.07. The van der Waals surface area contributed by atoms with E-state index in [4.69, 9.17) is 5.11 Å². The van der Waals surface area contributed by atoms with Gasteiger partial charge in [0.2, 0.25) is 0 Å². The molecule has 1 fully saturated rings. The van der Waals surface area contributed by atoms with Crippen molar-refractivity contribution in [3.63, 3.8) is 0 Å². The zero-order chi connectivity index (χ0) is 14.7. The molecule has 2 atom stereocenters. The second-order valence-corrected chi connectivity index (χ2v) is 7.39. The van der Waals surface area contributed by atoms with Crippen LogP contribution in [0.1, 0.15) is 33.1 Å². The van der Waals surface area contributed by atoms with E-state index < -0.39 is 33.4 Å². The largest absolute Gasteiger partial charge is 0.481 e. The number of nitrogens with one attached hydrogen (secondary N) is 2. The number of urea groups is 1. The fraction of sp³-hybridized carbons (Fsp3) is 0.818. The molecule has 0 aromatic heterocycles. The first-order valence-corrected chi connectivity index (χ1v) is 7.99. The molecule has 0 aromatic rings. The molecular formula is C11H20N2O5S. The van der Waals surface area contributed by atoms with Crippen molar-refractivity contribution in [3.05, 3.63) is 0 Å². The highest BCUT2D eigenvalue weighted by Gasteiger charge is 2.39. The van der Waals surface area contributed by atoms with Gasteiger partial charge in [-0.15, -0.1) is 0 Å². The van der Waals surface area contributed by atoms with Crippen LogP contribution in [-0.4, -0.2) is 48.6 Å². The lowest BCUT2D eigenvalue weighted by Gasteiger charge is -2.25. The highest BCUT2D eigenvalue weighted by Crippen LogP contribution is 2.22. The Morgan fingerprint density at radius 2 is 2.05 bits per heavy atom. The Morgan fingerprint density at radius 1 is 1.42 bits per heavy atom. The van der Waals surface area contributed by atoms with E-state index in [-0.39, 0.29) is 17.9 Å². The molecule has 0 spiro atoms. The third kappa shape index (κ3) is 5.06. The van der Waals surface area contributed by atoms with Gasteiger partial charge in [-0.3, -0.25) is 4.79 Å². The SMILES string of the molecule is CCC(CC(=O)O)NC(=O)NC1(C)CCS(=O)(=O)C1. The van der Waals surface area contributed by atoms with Crippen molar-refractivity contribution in [2.75, 3.05) is 11.5 Å². The van der Waals surface area contributed by atoms with Gasteiger partial charge in [0.15, 0.2) is 9.84 Å². The van der Waals surface area contributed by atoms with Crippen molar-refractivity contribution in [2.45, 2.75) is 44.7 Å². The smallest absolute Gasteiger partial charge is 0.315 e. The lowest BCUT2D eigenvalue weighted by molar-refractivity contribution is -0.137. The van der Waals surface area contributed by atoms with Crippen LogP contribution >= 0.6 is 0 Å². The summed E-state index contributed by atoms with van der Waals surface area (Å²) in [6, 6.07) is -0.980. The normalized spacial score (nSPS) is 26.6. The molecule has 0 saturated carbocycles. The van der Waals surface area contributed by atoms with Gasteiger partial charge >= 0.3 is 12.0 Å². The van der Waals surface area contributed by atoms with E-state index in [9.17, 15) is 18.0 Å². The molecule has 3 N–H and O–H groups in total. The summed E-state index contributed by atoms with van der Waals surface area (Å²) < 4.78 is 22.8. The van der Waals surface area contributed by atoms with Gasteiger partial charge in [-0.2, -0.15) is 0 Å². The third-order valence-electron chi connectivity index (χ3n) is 3.17. The van der Waals surface area contributed by atoms with Crippen LogP contribution in [0.2, 0.25) is 0 Å². The molecule has 2 amide bonds. The second kappa shape index (κ2) is 5.77. The summed E-state index contributed by atoms with van der Waals surface area (Å²) in [5, 5.41) is 13.9. The lowest BCUT2D eigenvalue weighted by atomic mass is 10.0. The van der Waals surface area contributed by atoms with Crippen LogP contribution in [0.15, 0.2) is 0 Å². The van der Waals surface area contributed by atoms with Gasteiger partial charge in [0.25, 0.3) is 0 Å². The first-order valence-electron chi connectivity index (χ1n) is 6.17. The van der Waals surface area contributed by atoms with Crippen LogP contribution in [0.4, 0.5) is 4.79 Å². The Morgan fingerprint density at radius 3 is 2.47 bits per heavy atom. The Balaban J connectivity index is 2.53. The molecule has 1 rings (SSSR count). The number of carbonyl (C=O) groups excluding carboxylic acids is 1. The molecule has 110 valence electrons. The van der Waals surface area contributed by atoms with Crippen LogP contribution in [0.5, 0.6) is 0 Å². The minimum absolute atomic E-state index is 0.0656. The fourth-order valence-electron chi connectivity index (χ4n) is 2.11. The van der Waals surface area contributed by atoms with Crippen molar-refractivity contribution in [2.24, 2.45) is 0 Å². The maximum absolute atomic E-state index is 11.8. The number of amides is 2. The van der Waals surface area contributed by atoms with Crippen LogP contribution < -0.4 is 10.6 Å². The van der Waals surface area contributed by atoms with E-state index in [2.05, 4.69) is 10.6 Å². The van der Waals surface area contributed by atoms with Gasteiger partial charge in [0.05, 0.1) is 23.5 Å². The summed E-state index contributed by atoms with van der Waals surface area (Å²) in [5.74, 6) is -0.999. The summed E-state index contributed by atoms with van der Waals surface area (Å²) in [5.41, 5.74) is -0.773. The molecule has 8 heteroatoms. The number of carbonyl (C=O) groups is 2. The molecule has 0 aromatic carbocycles. The average molecular weight is 292 g/mol. The van der Waals surface area contributed by atoms with E-state index >= 15 is 0 Å². The van der Waals surface area contributed by atoms with Gasteiger partial charge in [-0.25, -0.2) is 13.2 Å².